The van der Waals surface area contributed by atoms with Crippen LogP contribution in [0.4, 0.5) is 0 Å². The molecular formula is C17H23N3OS. The highest BCUT2D eigenvalue weighted by Gasteiger charge is 2.21. The number of aromatic nitrogens is 2. The van der Waals surface area contributed by atoms with E-state index in [0.717, 1.165) is 48.3 Å². The lowest BCUT2D eigenvalue weighted by Gasteiger charge is -2.18. The SMILES string of the molecule is C=C(S/C=C\C(C)CC)c1nc2c(c(C(N)=O)n1)CCCC2. The summed E-state index contributed by atoms with van der Waals surface area (Å²) in [7, 11) is 0. The maximum absolute atomic E-state index is 11.7. The molecule has 1 unspecified atom stereocenters. The summed E-state index contributed by atoms with van der Waals surface area (Å²) in [5.41, 5.74) is 7.74. The van der Waals surface area contributed by atoms with Crippen molar-refractivity contribution in [2.24, 2.45) is 11.7 Å². The molecule has 2 N–H and O–H groups in total. The minimum absolute atomic E-state index is 0.368. The zero-order valence-electron chi connectivity index (χ0n) is 13.3. The van der Waals surface area contributed by atoms with E-state index in [1.165, 1.54) is 11.8 Å². The zero-order valence-corrected chi connectivity index (χ0v) is 14.1. The van der Waals surface area contributed by atoms with Gasteiger partial charge in [0.25, 0.3) is 5.91 Å². The van der Waals surface area contributed by atoms with Crippen LogP contribution in [0.5, 0.6) is 0 Å². The van der Waals surface area contributed by atoms with E-state index in [2.05, 4.69) is 36.5 Å². The Labute approximate surface area is 136 Å². The predicted molar refractivity (Wildman–Crippen MR) is 92.4 cm³/mol. The third-order valence-electron chi connectivity index (χ3n) is 3.93. The Bertz CT molecular complexity index is 610. The average molecular weight is 317 g/mol. The van der Waals surface area contributed by atoms with Gasteiger partial charge in [-0.2, -0.15) is 0 Å². The van der Waals surface area contributed by atoms with E-state index in [4.69, 9.17) is 5.73 Å². The number of amides is 1. The molecule has 1 aromatic rings. The molecule has 1 atom stereocenters. The normalized spacial score (nSPS) is 15.5. The first-order chi connectivity index (χ1) is 10.5. The standard InChI is InChI=1S/C17H23N3OS/c1-4-11(2)9-10-22-12(3)17-19-14-8-6-5-7-13(14)15(20-17)16(18)21/h9-11H,3-8H2,1-2H3,(H2,18,21)/b10-9-. The molecule has 1 aliphatic rings. The second kappa shape index (κ2) is 7.58. The number of fused-ring (bicyclic) bond motifs is 1. The largest absolute Gasteiger partial charge is 0.364 e. The van der Waals surface area contributed by atoms with Crippen molar-refractivity contribution < 1.29 is 4.79 Å². The molecule has 118 valence electrons. The van der Waals surface area contributed by atoms with Crippen LogP contribution >= 0.6 is 11.8 Å². The Kier molecular flexibility index (Phi) is 5.77. The highest BCUT2D eigenvalue weighted by atomic mass is 32.2. The van der Waals surface area contributed by atoms with Crippen molar-refractivity contribution in [3.8, 4) is 0 Å². The summed E-state index contributed by atoms with van der Waals surface area (Å²) in [5.74, 6) is 0.578. The van der Waals surface area contributed by atoms with Crippen molar-refractivity contribution in [3.63, 3.8) is 0 Å². The second-order valence-corrected chi connectivity index (χ2v) is 6.65. The molecule has 0 saturated carbocycles. The lowest BCUT2D eigenvalue weighted by molar-refractivity contribution is 0.0994. The highest BCUT2D eigenvalue weighted by Crippen LogP contribution is 2.28. The van der Waals surface area contributed by atoms with Gasteiger partial charge in [-0.1, -0.05) is 44.7 Å². The van der Waals surface area contributed by atoms with Crippen LogP contribution in [0.2, 0.25) is 0 Å². The summed E-state index contributed by atoms with van der Waals surface area (Å²) in [4.78, 5) is 21.4. The monoisotopic (exact) mass is 317 g/mol. The molecule has 0 spiro atoms. The summed E-state index contributed by atoms with van der Waals surface area (Å²) < 4.78 is 0. The maximum Gasteiger partial charge on any atom is 0.267 e. The van der Waals surface area contributed by atoms with Gasteiger partial charge in [0.15, 0.2) is 5.82 Å². The Morgan fingerprint density at radius 2 is 2.14 bits per heavy atom. The number of aryl methyl sites for hydroxylation is 1. The van der Waals surface area contributed by atoms with Crippen LogP contribution in [-0.2, 0) is 12.8 Å². The van der Waals surface area contributed by atoms with Crippen LogP contribution in [0, 0.1) is 5.92 Å². The van der Waals surface area contributed by atoms with Crippen LogP contribution in [0.3, 0.4) is 0 Å². The first-order valence-corrected chi connectivity index (χ1v) is 8.63. The van der Waals surface area contributed by atoms with Gasteiger partial charge in [0.1, 0.15) is 5.69 Å². The van der Waals surface area contributed by atoms with Crippen molar-refractivity contribution in [2.75, 3.05) is 0 Å². The van der Waals surface area contributed by atoms with Gasteiger partial charge < -0.3 is 5.73 Å². The Hall–Kier alpha value is -1.62. The van der Waals surface area contributed by atoms with Gasteiger partial charge in [0.05, 0.1) is 0 Å². The molecular weight excluding hydrogens is 294 g/mol. The third kappa shape index (κ3) is 3.97. The fourth-order valence-electron chi connectivity index (χ4n) is 2.37. The van der Waals surface area contributed by atoms with Crippen LogP contribution in [0.1, 0.15) is 60.7 Å². The molecule has 5 heteroatoms. The van der Waals surface area contributed by atoms with Crippen molar-refractivity contribution in [3.05, 3.63) is 40.8 Å². The fraction of sp³-hybridized carbons (Fsp3) is 0.471. The molecule has 1 aromatic heterocycles. The smallest absolute Gasteiger partial charge is 0.267 e. The van der Waals surface area contributed by atoms with E-state index < -0.39 is 5.91 Å². The van der Waals surface area contributed by atoms with E-state index >= 15 is 0 Å². The molecule has 0 radical (unpaired) electrons. The fourth-order valence-corrected chi connectivity index (χ4v) is 3.07. The number of carbonyl (C=O) groups excluding carboxylic acids is 1. The molecule has 1 aliphatic carbocycles. The van der Waals surface area contributed by atoms with Crippen molar-refractivity contribution in [1.29, 1.82) is 0 Å². The number of carbonyl (C=O) groups is 1. The summed E-state index contributed by atoms with van der Waals surface area (Å²) >= 11 is 1.49. The summed E-state index contributed by atoms with van der Waals surface area (Å²) in [6, 6.07) is 0. The van der Waals surface area contributed by atoms with Crippen molar-refractivity contribution in [1.82, 2.24) is 9.97 Å². The van der Waals surface area contributed by atoms with Gasteiger partial charge in [-0.05, 0) is 37.0 Å². The molecule has 0 fully saturated rings. The van der Waals surface area contributed by atoms with E-state index in [1.807, 2.05) is 5.41 Å². The van der Waals surface area contributed by atoms with E-state index in [9.17, 15) is 4.79 Å². The van der Waals surface area contributed by atoms with Crippen molar-refractivity contribution in [2.45, 2.75) is 46.0 Å². The Morgan fingerprint density at radius 1 is 1.41 bits per heavy atom. The maximum atomic E-state index is 11.7. The van der Waals surface area contributed by atoms with Gasteiger partial charge >= 0.3 is 0 Å². The topological polar surface area (TPSA) is 68.9 Å². The Morgan fingerprint density at radius 3 is 2.82 bits per heavy atom. The van der Waals surface area contributed by atoms with E-state index in [1.54, 1.807) is 0 Å². The summed E-state index contributed by atoms with van der Waals surface area (Å²) in [6.07, 6.45) is 7.11. The van der Waals surface area contributed by atoms with Gasteiger partial charge in [-0.3, -0.25) is 4.79 Å². The number of rotatable bonds is 6. The predicted octanol–water partition coefficient (Wildman–Crippen LogP) is 3.72. The molecule has 4 nitrogen and oxygen atoms in total. The van der Waals surface area contributed by atoms with Gasteiger partial charge in [0, 0.05) is 16.2 Å². The molecule has 0 bridgehead atoms. The summed E-state index contributed by atoms with van der Waals surface area (Å²) in [6.45, 7) is 8.35. The molecule has 0 saturated heterocycles. The molecule has 1 heterocycles. The number of thioether (sulfide) groups is 1. The molecule has 0 aliphatic heterocycles. The average Bonchev–Trinajstić information content (AvgIpc) is 2.53. The first-order valence-electron chi connectivity index (χ1n) is 7.75. The van der Waals surface area contributed by atoms with Crippen LogP contribution < -0.4 is 5.73 Å². The Balaban J connectivity index is 2.24. The number of nitrogens with zero attached hydrogens (tertiary/aromatic N) is 2. The van der Waals surface area contributed by atoms with Gasteiger partial charge in [-0.15, -0.1) is 0 Å². The quantitative estimate of drug-likeness (QED) is 0.868. The number of hydrogen-bond acceptors (Lipinski definition) is 4. The summed E-state index contributed by atoms with van der Waals surface area (Å²) in [5, 5.41) is 2.02. The highest BCUT2D eigenvalue weighted by molar-refractivity contribution is 8.10. The molecule has 2 rings (SSSR count). The van der Waals surface area contributed by atoms with Gasteiger partial charge in [-0.25, -0.2) is 9.97 Å². The van der Waals surface area contributed by atoms with Crippen molar-refractivity contribution >= 4 is 22.6 Å². The van der Waals surface area contributed by atoms with Crippen LogP contribution in [0.25, 0.3) is 4.91 Å². The zero-order chi connectivity index (χ0) is 16.1. The molecule has 0 aromatic carbocycles. The number of allylic oxidation sites excluding steroid dienone is 1. The second-order valence-electron chi connectivity index (χ2n) is 5.65. The van der Waals surface area contributed by atoms with Gasteiger partial charge in [0.2, 0.25) is 0 Å². The first kappa shape index (κ1) is 16.7. The van der Waals surface area contributed by atoms with E-state index in [-0.39, 0.29) is 0 Å². The third-order valence-corrected chi connectivity index (χ3v) is 4.69. The lowest BCUT2D eigenvalue weighted by atomic mass is 9.94. The minimum atomic E-state index is -0.477. The number of primary amides is 1. The van der Waals surface area contributed by atoms with Crippen LogP contribution in [-0.4, -0.2) is 15.9 Å². The number of nitrogens with two attached hydrogens (primary N) is 1. The van der Waals surface area contributed by atoms with E-state index in [0.29, 0.717) is 17.4 Å². The minimum Gasteiger partial charge on any atom is -0.364 e. The lowest BCUT2D eigenvalue weighted by Crippen LogP contribution is -2.21. The molecule has 1 amide bonds. The number of hydrogen-bond donors (Lipinski definition) is 1. The van der Waals surface area contributed by atoms with Crippen LogP contribution in [0.15, 0.2) is 18.1 Å². The molecule has 22 heavy (non-hydrogen) atoms.